The molecule has 2 atom stereocenters. The minimum Gasteiger partial charge on any atom is -0.370 e. The third-order valence-electron chi connectivity index (χ3n) is 5.53. The predicted octanol–water partition coefficient (Wildman–Crippen LogP) is 2.99. The summed E-state index contributed by atoms with van der Waals surface area (Å²) in [4.78, 5) is 27.9. The average Bonchev–Trinajstić information content (AvgIpc) is 2.61. The summed E-state index contributed by atoms with van der Waals surface area (Å²) in [6, 6.07) is 5.38. The summed E-state index contributed by atoms with van der Waals surface area (Å²) >= 11 is 12.3. The van der Waals surface area contributed by atoms with E-state index in [-0.39, 0.29) is 36.5 Å². The first-order valence-electron chi connectivity index (χ1n) is 9.23. The Morgan fingerprint density at radius 3 is 2.67 bits per heavy atom. The van der Waals surface area contributed by atoms with E-state index in [2.05, 4.69) is 0 Å². The molecule has 0 radical (unpaired) electrons. The van der Waals surface area contributed by atoms with Crippen LogP contribution >= 0.6 is 23.2 Å². The van der Waals surface area contributed by atoms with E-state index in [4.69, 9.17) is 32.7 Å². The van der Waals surface area contributed by atoms with Gasteiger partial charge in [0.2, 0.25) is 0 Å². The molecule has 0 aliphatic carbocycles. The van der Waals surface area contributed by atoms with Gasteiger partial charge >= 0.3 is 6.03 Å². The largest absolute Gasteiger partial charge is 0.370 e. The molecule has 1 aromatic carbocycles. The number of ether oxygens (including phenoxy) is 2. The number of ketones is 1. The fraction of sp³-hybridized carbons (Fsp3) is 0.579. The Balaban J connectivity index is 1.25. The second-order valence-electron chi connectivity index (χ2n) is 7.41. The highest BCUT2D eigenvalue weighted by Crippen LogP contribution is 2.29. The molecule has 0 unspecified atom stereocenters. The van der Waals surface area contributed by atoms with Crippen molar-refractivity contribution in [3.05, 3.63) is 33.8 Å². The Bertz CT molecular complexity index is 718. The van der Waals surface area contributed by atoms with Crippen molar-refractivity contribution in [2.75, 3.05) is 32.8 Å². The van der Waals surface area contributed by atoms with Gasteiger partial charge in [-0.1, -0.05) is 29.3 Å². The molecule has 6 nitrogen and oxygen atoms in total. The maximum Gasteiger partial charge on any atom is 0.320 e. The monoisotopic (exact) mass is 412 g/mol. The minimum atomic E-state index is -0.0154. The van der Waals surface area contributed by atoms with Crippen molar-refractivity contribution in [3.8, 4) is 0 Å². The Kier molecular flexibility index (Phi) is 5.60. The summed E-state index contributed by atoms with van der Waals surface area (Å²) < 4.78 is 11.4. The number of piperidine rings is 1. The zero-order chi connectivity index (χ0) is 19.0. The lowest BCUT2D eigenvalue weighted by atomic mass is 9.88. The number of carbonyl (C=O) groups excluding carboxylic acids is 2. The predicted molar refractivity (Wildman–Crippen MR) is 101 cm³/mol. The lowest BCUT2D eigenvalue weighted by molar-refractivity contribution is -0.140. The van der Waals surface area contributed by atoms with E-state index < -0.39 is 0 Å². The second kappa shape index (κ2) is 7.95. The first-order chi connectivity index (χ1) is 13.0. The van der Waals surface area contributed by atoms with Crippen molar-refractivity contribution in [1.82, 2.24) is 9.80 Å². The van der Waals surface area contributed by atoms with E-state index in [0.29, 0.717) is 49.3 Å². The molecule has 0 spiro atoms. The van der Waals surface area contributed by atoms with E-state index in [9.17, 15) is 9.59 Å². The van der Waals surface area contributed by atoms with Crippen molar-refractivity contribution in [2.24, 2.45) is 5.92 Å². The molecule has 3 aliphatic rings. The van der Waals surface area contributed by atoms with Gasteiger partial charge in [-0.25, -0.2) is 4.79 Å². The summed E-state index contributed by atoms with van der Waals surface area (Å²) in [7, 11) is 0. The first kappa shape index (κ1) is 19.0. The van der Waals surface area contributed by atoms with Gasteiger partial charge < -0.3 is 19.3 Å². The number of hydrogen-bond acceptors (Lipinski definition) is 4. The number of carbonyl (C=O) groups is 2. The average molecular weight is 413 g/mol. The lowest BCUT2D eigenvalue weighted by Crippen LogP contribution is -2.61. The van der Waals surface area contributed by atoms with E-state index in [1.807, 2.05) is 4.90 Å². The highest BCUT2D eigenvalue weighted by molar-refractivity contribution is 6.35. The fourth-order valence-corrected chi connectivity index (χ4v) is 4.43. The zero-order valence-electron chi connectivity index (χ0n) is 14.9. The molecule has 8 heteroatoms. The van der Waals surface area contributed by atoms with Crippen LogP contribution in [-0.2, 0) is 20.9 Å². The van der Waals surface area contributed by atoms with Crippen molar-refractivity contribution in [3.63, 3.8) is 0 Å². The van der Waals surface area contributed by atoms with Gasteiger partial charge in [0.05, 0.1) is 31.9 Å². The van der Waals surface area contributed by atoms with E-state index >= 15 is 0 Å². The van der Waals surface area contributed by atoms with Gasteiger partial charge in [-0.2, -0.15) is 0 Å². The first-order valence-corrected chi connectivity index (χ1v) is 9.98. The van der Waals surface area contributed by atoms with Crippen LogP contribution in [0.1, 0.15) is 18.4 Å². The highest BCUT2D eigenvalue weighted by Gasteiger charge is 2.40. The molecule has 146 valence electrons. The summed E-state index contributed by atoms with van der Waals surface area (Å²) in [5.74, 6) is 0.251. The van der Waals surface area contributed by atoms with Crippen molar-refractivity contribution in [2.45, 2.75) is 31.7 Å². The Morgan fingerprint density at radius 2 is 1.93 bits per heavy atom. The van der Waals surface area contributed by atoms with Crippen LogP contribution < -0.4 is 0 Å². The zero-order valence-corrected chi connectivity index (χ0v) is 16.4. The van der Waals surface area contributed by atoms with Gasteiger partial charge in [0.1, 0.15) is 6.61 Å². The van der Waals surface area contributed by atoms with Crippen molar-refractivity contribution >= 4 is 35.0 Å². The van der Waals surface area contributed by atoms with Crippen molar-refractivity contribution < 1.29 is 19.1 Å². The normalized spacial score (nSPS) is 25.9. The van der Waals surface area contributed by atoms with Crippen LogP contribution in [0.25, 0.3) is 0 Å². The van der Waals surface area contributed by atoms with Crippen LogP contribution in [0.2, 0.25) is 10.0 Å². The lowest BCUT2D eigenvalue weighted by Gasteiger charge is -2.45. The van der Waals surface area contributed by atoms with Gasteiger partial charge in [-0.15, -0.1) is 0 Å². The Morgan fingerprint density at radius 1 is 1.19 bits per heavy atom. The van der Waals surface area contributed by atoms with Gasteiger partial charge in [0.25, 0.3) is 0 Å². The number of urea groups is 1. The topological polar surface area (TPSA) is 59.1 Å². The number of amides is 2. The molecule has 3 heterocycles. The molecular formula is C19H22Cl2N2O4. The number of Topliss-reactive ketones (excluding diaryl/α,β-unsaturated/α-hetero) is 1. The molecule has 0 saturated carbocycles. The molecule has 3 aliphatic heterocycles. The smallest absolute Gasteiger partial charge is 0.320 e. The Labute approximate surface area is 168 Å². The van der Waals surface area contributed by atoms with Crippen LogP contribution in [0.5, 0.6) is 0 Å². The molecule has 1 aromatic rings. The molecule has 2 amide bonds. The van der Waals surface area contributed by atoms with Gasteiger partial charge in [-0.3, -0.25) is 4.79 Å². The van der Waals surface area contributed by atoms with Crippen LogP contribution in [0, 0.1) is 5.92 Å². The number of fused-ring (bicyclic) bond motifs is 1. The van der Waals surface area contributed by atoms with Crippen LogP contribution in [0.3, 0.4) is 0 Å². The number of nitrogens with zero attached hydrogens (tertiary/aromatic N) is 2. The molecule has 0 aromatic heterocycles. The molecule has 0 N–H and O–H groups in total. The third kappa shape index (κ3) is 4.09. The van der Waals surface area contributed by atoms with Gasteiger partial charge in [0, 0.05) is 41.0 Å². The van der Waals surface area contributed by atoms with E-state index in [1.165, 1.54) is 0 Å². The fourth-order valence-electron chi connectivity index (χ4n) is 3.92. The number of halogens is 2. The summed E-state index contributed by atoms with van der Waals surface area (Å²) in [5, 5.41) is 1.17. The van der Waals surface area contributed by atoms with Crippen LogP contribution in [0.4, 0.5) is 4.79 Å². The Hall–Kier alpha value is -1.34. The third-order valence-corrected chi connectivity index (χ3v) is 6.23. The number of rotatable bonds is 3. The quantitative estimate of drug-likeness (QED) is 0.765. The molecule has 0 bridgehead atoms. The molecule has 27 heavy (non-hydrogen) atoms. The maximum absolute atomic E-state index is 12.7. The maximum atomic E-state index is 12.7. The second-order valence-corrected chi connectivity index (χ2v) is 8.22. The number of likely N-dealkylation sites (tertiary alicyclic amines) is 2. The van der Waals surface area contributed by atoms with Crippen molar-refractivity contribution in [1.29, 1.82) is 0 Å². The SMILES string of the molecule is O=C1CO[C@H]2CCN(C(=O)N3CC(OCc4c(Cl)cccc4Cl)C3)C[C@H]2C1. The number of hydrogen-bond donors (Lipinski definition) is 0. The minimum absolute atomic E-state index is 0.0154. The molecule has 4 rings (SSSR count). The van der Waals surface area contributed by atoms with Gasteiger partial charge in [0.15, 0.2) is 5.78 Å². The van der Waals surface area contributed by atoms with E-state index in [1.54, 1.807) is 23.1 Å². The standard InChI is InChI=1S/C19H22Cl2N2O4/c20-16-2-1-3-17(21)15(16)11-26-14-8-23(9-14)19(25)22-5-4-18-12(7-22)6-13(24)10-27-18/h1-3,12,14,18H,4-11H2/t12-,18+/m1/s1. The number of benzene rings is 1. The highest BCUT2D eigenvalue weighted by atomic mass is 35.5. The van der Waals surface area contributed by atoms with E-state index in [0.717, 1.165) is 12.0 Å². The summed E-state index contributed by atoms with van der Waals surface area (Å²) in [6.07, 6.45) is 1.40. The molecular weight excluding hydrogens is 391 g/mol. The molecule has 3 fully saturated rings. The van der Waals surface area contributed by atoms with Crippen LogP contribution in [-0.4, -0.2) is 66.6 Å². The molecule has 3 saturated heterocycles. The van der Waals surface area contributed by atoms with Crippen LogP contribution in [0.15, 0.2) is 18.2 Å². The summed E-state index contributed by atoms with van der Waals surface area (Å²) in [5.41, 5.74) is 0.773. The van der Waals surface area contributed by atoms with Gasteiger partial charge in [-0.05, 0) is 18.6 Å². The summed E-state index contributed by atoms with van der Waals surface area (Å²) in [6.45, 7) is 2.92.